The standard InChI is InChI=1S/C17H19F3N4O3/c1-11(24-7-5-23(6-8-24)10-14(25)26)16-21-15(22-27-16)12-3-2-4-13(9-12)17(18,19)20/h2-4,9,11H,5-8,10H2,1H3,(H,25,26). The number of rotatable bonds is 5. The molecule has 1 saturated heterocycles. The molecule has 27 heavy (non-hydrogen) atoms. The van der Waals surface area contributed by atoms with Gasteiger partial charge < -0.3 is 9.63 Å². The number of aromatic nitrogens is 2. The molecule has 2 heterocycles. The molecule has 0 aliphatic carbocycles. The number of hydrogen-bond donors (Lipinski definition) is 1. The fourth-order valence-electron chi connectivity index (χ4n) is 3.01. The Balaban J connectivity index is 1.68. The molecule has 1 aromatic heterocycles. The van der Waals surface area contributed by atoms with Crippen LogP contribution in [0.1, 0.15) is 24.4 Å². The molecule has 0 spiro atoms. The van der Waals surface area contributed by atoms with Crippen molar-refractivity contribution in [3.8, 4) is 11.4 Å². The van der Waals surface area contributed by atoms with E-state index in [1.807, 2.05) is 11.8 Å². The number of piperazine rings is 1. The van der Waals surface area contributed by atoms with Gasteiger partial charge in [-0.25, -0.2) is 0 Å². The maximum Gasteiger partial charge on any atom is 0.416 e. The molecule has 0 saturated carbocycles. The predicted octanol–water partition coefficient (Wildman–Crippen LogP) is 2.52. The van der Waals surface area contributed by atoms with Crippen molar-refractivity contribution in [3.63, 3.8) is 0 Å². The summed E-state index contributed by atoms with van der Waals surface area (Å²) in [5.74, 6) is -0.444. The summed E-state index contributed by atoms with van der Waals surface area (Å²) >= 11 is 0. The fourth-order valence-corrected chi connectivity index (χ4v) is 3.01. The van der Waals surface area contributed by atoms with Crippen molar-refractivity contribution in [2.75, 3.05) is 32.7 Å². The Kier molecular flexibility index (Phi) is 5.47. The first-order chi connectivity index (χ1) is 12.7. The minimum Gasteiger partial charge on any atom is -0.480 e. The van der Waals surface area contributed by atoms with Gasteiger partial charge in [-0.15, -0.1) is 0 Å². The largest absolute Gasteiger partial charge is 0.480 e. The number of carboxylic acid groups (broad SMARTS) is 1. The van der Waals surface area contributed by atoms with Crippen molar-refractivity contribution in [1.82, 2.24) is 19.9 Å². The zero-order valence-corrected chi connectivity index (χ0v) is 14.6. The number of alkyl halides is 3. The fraction of sp³-hybridized carbons (Fsp3) is 0.471. The summed E-state index contributed by atoms with van der Waals surface area (Å²) < 4.78 is 43.8. The molecule has 1 N–H and O–H groups in total. The monoisotopic (exact) mass is 384 g/mol. The van der Waals surface area contributed by atoms with E-state index in [9.17, 15) is 18.0 Å². The van der Waals surface area contributed by atoms with E-state index in [4.69, 9.17) is 9.63 Å². The van der Waals surface area contributed by atoms with E-state index < -0.39 is 17.7 Å². The highest BCUT2D eigenvalue weighted by Gasteiger charge is 2.31. The highest BCUT2D eigenvalue weighted by molar-refractivity contribution is 5.69. The normalized spacial score (nSPS) is 17.8. The van der Waals surface area contributed by atoms with Crippen molar-refractivity contribution in [3.05, 3.63) is 35.7 Å². The van der Waals surface area contributed by atoms with Crippen molar-refractivity contribution in [2.24, 2.45) is 0 Å². The summed E-state index contributed by atoms with van der Waals surface area (Å²) in [5, 5.41) is 12.7. The number of aliphatic carboxylic acids is 1. The Hall–Kier alpha value is -2.46. The van der Waals surface area contributed by atoms with Crippen molar-refractivity contribution in [2.45, 2.75) is 19.1 Å². The van der Waals surface area contributed by atoms with Crippen LogP contribution < -0.4 is 0 Å². The van der Waals surface area contributed by atoms with Gasteiger partial charge in [0, 0.05) is 31.7 Å². The third-order valence-corrected chi connectivity index (χ3v) is 4.56. The zero-order chi connectivity index (χ0) is 19.6. The van der Waals surface area contributed by atoms with Gasteiger partial charge in [0.15, 0.2) is 0 Å². The molecule has 1 fully saturated rings. The second-order valence-electron chi connectivity index (χ2n) is 6.42. The van der Waals surface area contributed by atoms with Gasteiger partial charge in [0.1, 0.15) is 0 Å². The first-order valence-corrected chi connectivity index (χ1v) is 8.43. The maximum absolute atomic E-state index is 12.9. The molecule has 1 aliphatic rings. The second kappa shape index (κ2) is 7.65. The average molecular weight is 384 g/mol. The molecule has 1 aromatic carbocycles. The molecule has 1 aliphatic heterocycles. The number of hydrogen-bond acceptors (Lipinski definition) is 6. The topological polar surface area (TPSA) is 82.7 Å². The Labute approximate surface area is 153 Å². The van der Waals surface area contributed by atoms with Gasteiger partial charge in [-0.05, 0) is 19.1 Å². The molecular weight excluding hydrogens is 365 g/mol. The predicted molar refractivity (Wildman–Crippen MR) is 88.8 cm³/mol. The van der Waals surface area contributed by atoms with Crippen LogP contribution in [0.15, 0.2) is 28.8 Å². The van der Waals surface area contributed by atoms with Crippen LogP contribution in [0, 0.1) is 0 Å². The smallest absolute Gasteiger partial charge is 0.416 e. The lowest BCUT2D eigenvalue weighted by Gasteiger charge is -2.35. The molecule has 146 valence electrons. The zero-order valence-electron chi connectivity index (χ0n) is 14.6. The number of carbonyl (C=O) groups is 1. The van der Waals surface area contributed by atoms with Crippen LogP contribution in [0.2, 0.25) is 0 Å². The summed E-state index contributed by atoms with van der Waals surface area (Å²) in [4.78, 5) is 18.9. The summed E-state index contributed by atoms with van der Waals surface area (Å²) in [6.45, 7) is 4.35. The van der Waals surface area contributed by atoms with E-state index >= 15 is 0 Å². The maximum atomic E-state index is 12.9. The Morgan fingerprint density at radius 1 is 1.30 bits per heavy atom. The van der Waals surface area contributed by atoms with Crippen LogP contribution in [0.4, 0.5) is 13.2 Å². The van der Waals surface area contributed by atoms with Crippen LogP contribution in [-0.2, 0) is 11.0 Å². The number of carboxylic acids is 1. The number of benzene rings is 1. The van der Waals surface area contributed by atoms with E-state index in [1.54, 1.807) is 0 Å². The third-order valence-electron chi connectivity index (χ3n) is 4.56. The lowest BCUT2D eigenvalue weighted by atomic mass is 10.1. The SMILES string of the molecule is CC(c1nc(-c2cccc(C(F)(F)F)c2)no1)N1CCN(CC(=O)O)CC1. The lowest BCUT2D eigenvalue weighted by Crippen LogP contribution is -2.48. The Morgan fingerprint density at radius 2 is 2.00 bits per heavy atom. The number of nitrogens with zero attached hydrogens (tertiary/aromatic N) is 4. The van der Waals surface area contributed by atoms with Crippen LogP contribution in [0.5, 0.6) is 0 Å². The van der Waals surface area contributed by atoms with E-state index in [-0.39, 0.29) is 24.0 Å². The molecule has 3 rings (SSSR count). The van der Waals surface area contributed by atoms with Gasteiger partial charge in [-0.2, -0.15) is 18.2 Å². The summed E-state index contributed by atoms with van der Waals surface area (Å²) in [7, 11) is 0. The van der Waals surface area contributed by atoms with E-state index in [0.29, 0.717) is 32.1 Å². The van der Waals surface area contributed by atoms with Crippen LogP contribution in [0.3, 0.4) is 0 Å². The van der Waals surface area contributed by atoms with Gasteiger partial charge in [-0.3, -0.25) is 14.6 Å². The van der Waals surface area contributed by atoms with Crippen molar-refractivity contribution < 1.29 is 27.6 Å². The summed E-state index contributed by atoms with van der Waals surface area (Å²) in [6.07, 6.45) is -4.44. The minimum absolute atomic E-state index is 0.00245. The molecule has 1 atom stereocenters. The third kappa shape index (κ3) is 4.64. The minimum atomic E-state index is -4.44. The first-order valence-electron chi connectivity index (χ1n) is 8.43. The van der Waals surface area contributed by atoms with Gasteiger partial charge in [-0.1, -0.05) is 17.3 Å². The lowest BCUT2D eigenvalue weighted by molar-refractivity contribution is -0.139. The van der Waals surface area contributed by atoms with Gasteiger partial charge in [0.25, 0.3) is 0 Å². The quantitative estimate of drug-likeness (QED) is 0.848. The molecule has 0 bridgehead atoms. The molecule has 2 aromatic rings. The van der Waals surface area contributed by atoms with E-state index in [0.717, 1.165) is 12.1 Å². The molecule has 0 amide bonds. The first kappa shape index (κ1) is 19.3. The van der Waals surface area contributed by atoms with Crippen LogP contribution in [0.25, 0.3) is 11.4 Å². The van der Waals surface area contributed by atoms with E-state index in [1.165, 1.54) is 12.1 Å². The molecule has 0 radical (unpaired) electrons. The van der Waals surface area contributed by atoms with Gasteiger partial charge in [0.2, 0.25) is 11.7 Å². The van der Waals surface area contributed by atoms with Gasteiger partial charge >= 0.3 is 12.1 Å². The second-order valence-corrected chi connectivity index (χ2v) is 6.42. The molecular formula is C17H19F3N4O3. The van der Waals surface area contributed by atoms with Crippen LogP contribution in [-0.4, -0.2) is 63.7 Å². The highest BCUT2D eigenvalue weighted by atomic mass is 19.4. The Bertz CT molecular complexity index is 801. The average Bonchev–Trinajstić information content (AvgIpc) is 3.11. The Morgan fingerprint density at radius 3 is 2.63 bits per heavy atom. The van der Waals surface area contributed by atoms with Crippen molar-refractivity contribution in [1.29, 1.82) is 0 Å². The number of halogens is 3. The van der Waals surface area contributed by atoms with Crippen LogP contribution >= 0.6 is 0 Å². The van der Waals surface area contributed by atoms with Crippen molar-refractivity contribution >= 4 is 5.97 Å². The van der Waals surface area contributed by atoms with E-state index in [2.05, 4.69) is 15.0 Å². The molecule has 1 unspecified atom stereocenters. The summed E-state index contributed by atoms with van der Waals surface area (Å²) in [5.41, 5.74) is -0.535. The molecule has 7 nitrogen and oxygen atoms in total. The molecule has 10 heteroatoms. The highest BCUT2D eigenvalue weighted by Crippen LogP contribution is 2.32. The summed E-state index contributed by atoms with van der Waals surface area (Å²) in [6, 6.07) is 4.57. The van der Waals surface area contributed by atoms with Gasteiger partial charge in [0.05, 0.1) is 18.2 Å².